The maximum Gasteiger partial charge on any atom is 0.311 e. The van der Waals surface area contributed by atoms with Crippen LogP contribution in [0, 0.1) is 0 Å². The lowest BCUT2D eigenvalue weighted by Gasteiger charge is -1.88. The average molecular weight is 194 g/mol. The van der Waals surface area contributed by atoms with Gasteiger partial charge in [-0.25, -0.2) is 0 Å². The molecule has 1 N–H and O–H groups in total. The highest BCUT2D eigenvalue weighted by Gasteiger charge is 2.09. The van der Waals surface area contributed by atoms with Gasteiger partial charge in [-0.1, -0.05) is 4.80 Å². The van der Waals surface area contributed by atoms with Crippen molar-refractivity contribution in [3.05, 3.63) is 24.2 Å². The number of carbonyl (C=O) groups is 1. The largest absolute Gasteiger partial charge is 0.481 e. The highest BCUT2D eigenvalue weighted by molar-refractivity contribution is 5.68. The number of carboxylic acid groups (broad SMARTS) is 1. The Hall–Kier alpha value is -2.18. The zero-order valence-corrected chi connectivity index (χ0v) is 6.99. The van der Waals surface area contributed by atoms with Crippen molar-refractivity contribution < 1.29 is 14.3 Å². The summed E-state index contributed by atoms with van der Waals surface area (Å²) in [5.41, 5.74) is 0. The minimum absolute atomic E-state index is 0.147. The quantitative estimate of drug-likeness (QED) is 0.732. The summed E-state index contributed by atoms with van der Waals surface area (Å²) >= 11 is 0. The van der Waals surface area contributed by atoms with E-state index in [1.165, 1.54) is 6.26 Å². The molecule has 2 heterocycles. The van der Waals surface area contributed by atoms with Crippen LogP contribution in [0.2, 0.25) is 0 Å². The number of hydrogen-bond acceptors (Lipinski definition) is 5. The second kappa shape index (κ2) is 3.29. The van der Waals surface area contributed by atoms with Gasteiger partial charge in [0, 0.05) is 6.07 Å². The summed E-state index contributed by atoms with van der Waals surface area (Å²) < 4.78 is 4.99. The first-order valence-corrected chi connectivity index (χ1v) is 3.80. The van der Waals surface area contributed by atoms with Crippen LogP contribution in [0.5, 0.6) is 0 Å². The first-order valence-electron chi connectivity index (χ1n) is 3.80. The molecule has 0 aromatic carbocycles. The Morgan fingerprint density at radius 2 is 2.50 bits per heavy atom. The molecule has 0 atom stereocenters. The summed E-state index contributed by atoms with van der Waals surface area (Å²) in [7, 11) is 0. The molecule has 7 heteroatoms. The van der Waals surface area contributed by atoms with Crippen molar-refractivity contribution in [3.63, 3.8) is 0 Å². The molecule has 72 valence electrons. The van der Waals surface area contributed by atoms with Gasteiger partial charge in [0.15, 0.2) is 5.82 Å². The molecular weight excluding hydrogens is 188 g/mol. The Morgan fingerprint density at radius 1 is 1.64 bits per heavy atom. The average Bonchev–Trinajstić information content (AvgIpc) is 2.69. The number of furan rings is 1. The molecule has 2 aromatic heterocycles. The number of tetrazole rings is 1. The first kappa shape index (κ1) is 8.42. The lowest BCUT2D eigenvalue weighted by molar-refractivity contribution is -0.136. The highest BCUT2D eigenvalue weighted by Crippen LogP contribution is 2.03. The standard InChI is InChI=1S/C7H6N4O3/c12-7(13)4-5-8-10-11(9-5)6-2-1-3-14-6/h1-3H,4H2,(H,12,13). The molecule has 14 heavy (non-hydrogen) atoms. The van der Waals surface area contributed by atoms with E-state index in [0.717, 1.165) is 4.80 Å². The summed E-state index contributed by atoms with van der Waals surface area (Å²) in [6.45, 7) is 0. The van der Waals surface area contributed by atoms with Gasteiger partial charge in [-0.05, 0) is 11.3 Å². The van der Waals surface area contributed by atoms with E-state index >= 15 is 0 Å². The predicted molar refractivity (Wildman–Crippen MR) is 42.8 cm³/mol. The molecule has 0 aliphatic heterocycles. The van der Waals surface area contributed by atoms with Crippen molar-refractivity contribution in [2.75, 3.05) is 0 Å². The van der Waals surface area contributed by atoms with Gasteiger partial charge in [-0.15, -0.1) is 10.2 Å². The Kier molecular flexibility index (Phi) is 1.98. The van der Waals surface area contributed by atoms with Crippen LogP contribution in [0.4, 0.5) is 0 Å². The molecule has 0 unspecified atom stereocenters. The molecular formula is C7H6N4O3. The second-order valence-electron chi connectivity index (χ2n) is 2.52. The fraction of sp³-hybridized carbons (Fsp3) is 0.143. The lowest BCUT2D eigenvalue weighted by Crippen LogP contribution is -2.03. The second-order valence-corrected chi connectivity index (χ2v) is 2.52. The molecule has 0 amide bonds. The van der Waals surface area contributed by atoms with Crippen LogP contribution in [0.15, 0.2) is 22.8 Å². The molecule has 2 rings (SSSR count). The molecule has 0 bridgehead atoms. The third-order valence-electron chi connectivity index (χ3n) is 1.47. The summed E-state index contributed by atoms with van der Waals surface area (Å²) in [6, 6.07) is 3.32. The fourth-order valence-corrected chi connectivity index (χ4v) is 0.926. The summed E-state index contributed by atoms with van der Waals surface area (Å²) in [5, 5.41) is 19.5. The van der Waals surface area contributed by atoms with Gasteiger partial charge >= 0.3 is 5.97 Å². The Bertz CT molecular complexity index is 433. The lowest BCUT2D eigenvalue weighted by atomic mass is 10.4. The highest BCUT2D eigenvalue weighted by atomic mass is 16.4. The number of hydrogen-bond donors (Lipinski definition) is 1. The molecule has 0 fully saturated rings. The van der Waals surface area contributed by atoms with Crippen LogP contribution in [0.25, 0.3) is 5.88 Å². The van der Waals surface area contributed by atoms with E-state index in [0.29, 0.717) is 5.88 Å². The number of aliphatic carboxylic acids is 1. The van der Waals surface area contributed by atoms with E-state index in [1.54, 1.807) is 12.1 Å². The van der Waals surface area contributed by atoms with Gasteiger partial charge in [-0.2, -0.15) is 0 Å². The zero-order chi connectivity index (χ0) is 9.97. The molecule has 0 spiro atoms. The smallest absolute Gasteiger partial charge is 0.311 e. The molecule has 0 aliphatic carbocycles. The SMILES string of the molecule is O=C(O)Cc1nnn(-c2ccco2)n1. The van der Waals surface area contributed by atoms with Gasteiger partial charge in [0.2, 0.25) is 5.88 Å². The van der Waals surface area contributed by atoms with Gasteiger partial charge in [0.1, 0.15) is 6.42 Å². The monoisotopic (exact) mass is 194 g/mol. The van der Waals surface area contributed by atoms with E-state index in [2.05, 4.69) is 15.4 Å². The zero-order valence-electron chi connectivity index (χ0n) is 6.99. The first-order chi connectivity index (χ1) is 6.75. The normalized spacial score (nSPS) is 10.3. The minimum Gasteiger partial charge on any atom is -0.481 e. The number of rotatable bonds is 3. The van der Waals surface area contributed by atoms with Crippen LogP contribution in [0.1, 0.15) is 5.82 Å². The van der Waals surface area contributed by atoms with Crippen molar-refractivity contribution in [1.29, 1.82) is 0 Å². The fourth-order valence-electron chi connectivity index (χ4n) is 0.926. The van der Waals surface area contributed by atoms with Crippen molar-refractivity contribution in [3.8, 4) is 5.88 Å². The van der Waals surface area contributed by atoms with Crippen LogP contribution in [-0.4, -0.2) is 31.3 Å². The van der Waals surface area contributed by atoms with Gasteiger partial charge in [0.05, 0.1) is 6.26 Å². The molecule has 7 nitrogen and oxygen atoms in total. The van der Waals surface area contributed by atoms with Gasteiger partial charge < -0.3 is 9.52 Å². The summed E-state index contributed by atoms with van der Waals surface area (Å²) in [5.74, 6) is -0.452. The van der Waals surface area contributed by atoms with Crippen LogP contribution < -0.4 is 0 Å². The van der Waals surface area contributed by atoms with E-state index in [1.807, 2.05) is 0 Å². The van der Waals surface area contributed by atoms with E-state index in [4.69, 9.17) is 9.52 Å². The molecule has 0 saturated heterocycles. The van der Waals surface area contributed by atoms with E-state index in [9.17, 15) is 4.79 Å². The number of carboxylic acids is 1. The summed E-state index contributed by atoms with van der Waals surface area (Å²) in [6.07, 6.45) is 1.22. The van der Waals surface area contributed by atoms with Crippen molar-refractivity contribution in [2.45, 2.75) is 6.42 Å². The van der Waals surface area contributed by atoms with E-state index < -0.39 is 5.97 Å². The van der Waals surface area contributed by atoms with Crippen LogP contribution >= 0.6 is 0 Å². The van der Waals surface area contributed by atoms with Crippen molar-refractivity contribution in [2.24, 2.45) is 0 Å². The number of nitrogens with zero attached hydrogens (tertiary/aromatic N) is 4. The Labute approximate surface area is 78.0 Å². The van der Waals surface area contributed by atoms with Crippen LogP contribution in [0.3, 0.4) is 0 Å². The number of aromatic nitrogens is 4. The summed E-state index contributed by atoms with van der Waals surface area (Å²) in [4.78, 5) is 11.5. The molecule has 0 aliphatic rings. The third-order valence-corrected chi connectivity index (χ3v) is 1.47. The molecule has 2 aromatic rings. The predicted octanol–water partition coefficient (Wildman–Crippen LogP) is -0.118. The van der Waals surface area contributed by atoms with Crippen LogP contribution in [-0.2, 0) is 11.2 Å². The molecule has 0 saturated carbocycles. The maximum atomic E-state index is 10.3. The third kappa shape index (κ3) is 1.60. The molecule has 0 radical (unpaired) electrons. The van der Waals surface area contributed by atoms with Gasteiger partial charge in [-0.3, -0.25) is 4.79 Å². The van der Waals surface area contributed by atoms with Gasteiger partial charge in [0.25, 0.3) is 0 Å². The van der Waals surface area contributed by atoms with E-state index in [-0.39, 0.29) is 12.2 Å². The van der Waals surface area contributed by atoms with Crippen molar-refractivity contribution >= 4 is 5.97 Å². The Morgan fingerprint density at radius 3 is 3.14 bits per heavy atom. The van der Waals surface area contributed by atoms with Crippen molar-refractivity contribution in [1.82, 2.24) is 20.2 Å². The minimum atomic E-state index is -0.996. The topological polar surface area (TPSA) is 94.0 Å². The maximum absolute atomic E-state index is 10.3. The Balaban J connectivity index is 2.22.